The maximum Gasteiger partial charge on any atom is 0.332 e. The lowest BCUT2D eigenvalue weighted by Crippen LogP contribution is -2.63. The topological polar surface area (TPSA) is 79.3 Å². The van der Waals surface area contributed by atoms with Gasteiger partial charge in [0.05, 0.1) is 11.7 Å². The number of carbonyl (C=O) groups excluding carboxylic acids is 1. The fourth-order valence-electron chi connectivity index (χ4n) is 9.02. The van der Waals surface area contributed by atoms with E-state index in [0.717, 1.165) is 57.8 Å². The molecule has 0 amide bonds. The van der Waals surface area contributed by atoms with E-state index in [1.165, 1.54) is 6.08 Å². The lowest BCUT2D eigenvalue weighted by molar-refractivity contribution is -0.213. The minimum absolute atomic E-state index is 0.138. The second-order valence-electron chi connectivity index (χ2n) is 11.5. The van der Waals surface area contributed by atoms with Crippen LogP contribution in [0.4, 0.5) is 0 Å². The molecule has 6 rings (SSSR count). The minimum atomic E-state index is -0.675. The van der Waals surface area contributed by atoms with E-state index in [1.54, 1.807) is 0 Å². The summed E-state index contributed by atoms with van der Waals surface area (Å²) in [5.74, 6) is 1.32. The van der Waals surface area contributed by atoms with Crippen LogP contribution in [-0.4, -0.2) is 39.8 Å². The van der Waals surface area contributed by atoms with Crippen molar-refractivity contribution in [2.24, 2.45) is 34.5 Å². The van der Waals surface area contributed by atoms with Crippen LogP contribution >= 0.6 is 0 Å². The molecule has 0 bridgehead atoms. The molecule has 160 valence electrons. The summed E-state index contributed by atoms with van der Waals surface area (Å²) in [6, 6.07) is 0. The van der Waals surface area contributed by atoms with Crippen molar-refractivity contribution in [1.29, 1.82) is 0 Å². The maximum absolute atomic E-state index is 12.3. The number of ether oxygens (including phenoxy) is 2. The third kappa shape index (κ3) is 2.20. The molecule has 4 saturated carbocycles. The number of hydrogen-bond donors (Lipinski definition) is 2. The molecule has 0 aromatic rings. The summed E-state index contributed by atoms with van der Waals surface area (Å²) in [4.78, 5) is 11.6. The van der Waals surface area contributed by atoms with E-state index in [0.29, 0.717) is 17.8 Å². The first-order chi connectivity index (χ1) is 13.7. The Kier molecular flexibility index (Phi) is 3.67. The van der Waals surface area contributed by atoms with Gasteiger partial charge in [0.2, 0.25) is 6.29 Å². The van der Waals surface area contributed by atoms with Crippen LogP contribution < -0.4 is 0 Å². The Labute approximate surface area is 172 Å². The molecule has 5 heteroatoms. The van der Waals surface area contributed by atoms with Gasteiger partial charge in [-0.05, 0) is 87.0 Å². The summed E-state index contributed by atoms with van der Waals surface area (Å²) in [5.41, 5.74) is -1.16. The Bertz CT molecular complexity index is 779. The van der Waals surface area contributed by atoms with Crippen LogP contribution in [0.5, 0.6) is 0 Å². The molecule has 2 N–H and O–H groups in total. The van der Waals surface area contributed by atoms with Crippen molar-refractivity contribution in [3.63, 3.8) is 0 Å². The highest BCUT2D eigenvalue weighted by Crippen LogP contribution is 2.72. The summed E-state index contributed by atoms with van der Waals surface area (Å²) in [7, 11) is 0. The SMILES string of the molecule is C[C@]12CC[C@H](O)C[C@H]1CC[C@@H]1[C@@H]2CC[C@]2(C)[C@@H]([C@]34C=CC(=O)O[C@H]3O4)CC[C@]12O. The Hall–Kier alpha value is -0.910. The quantitative estimate of drug-likeness (QED) is 0.520. The van der Waals surface area contributed by atoms with Gasteiger partial charge in [-0.15, -0.1) is 0 Å². The Morgan fingerprint density at radius 3 is 2.66 bits per heavy atom. The molecule has 2 heterocycles. The number of carbonyl (C=O) groups is 1. The van der Waals surface area contributed by atoms with Crippen LogP contribution in [0.25, 0.3) is 0 Å². The van der Waals surface area contributed by atoms with Crippen LogP contribution in [0.2, 0.25) is 0 Å². The predicted molar refractivity (Wildman–Crippen MR) is 106 cm³/mol. The molecule has 0 aromatic carbocycles. The van der Waals surface area contributed by atoms with Gasteiger partial charge in [0.1, 0.15) is 0 Å². The minimum Gasteiger partial charge on any atom is -0.429 e. The first-order valence-corrected chi connectivity index (χ1v) is 11.7. The van der Waals surface area contributed by atoms with E-state index in [9.17, 15) is 15.0 Å². The molecule has 0 aromatic heterocycles. The van der Waals surface area contributed by atoms with E-state index in [-0.39, 0.29) is 28.8 Å². The summed E-state index contributed by atoms with van der Waals surface area (Å²) in [6.45, 7) is 4.72. The van der Waals surface area contributed by atoms with Crippen molar-refractivity contribution in [3.05, 3.63) is 12.2 Å². The van der Waals surface area contributed by atoms with Gasteiger partial charge >= 0.3 is 5.97 Å². The third-order valence-corrected chi connectivity index (χ3v) is 10.7. The highest BCUT2D eigenvalue weighted by Gasteiger charge is 2.76. The number of hydrogen-bond acceptors (Lipinski definition) is 5. The summed E-state index contributed by atoms with van der Waals surface area (Å²) in [5, 5.41) is 22.5. The van der Waals surface area contributed by atoms with Gasteiger partial charge < -0.3 is 19.7 Å². The number of aliphatic hydroxyl groups excluding tert-OH is 1. The second kappa shape index (κ2) is 5.66. The summed E-state index contributed by atoms with van der Waals surface area (Å²) < 4.78 is 11.3. The van der Waals surface area contributed by atoms with Crippen molar-refractivity contribution in [3.8, 4) is 0 Å². The molecule has 4 aliphatic carbocycles. The van der Waals surface area contributed by atoms with E-state index in [1.807, 2.05) is 6.08 Å². The summed E-state index contributed by atoms with van der Waals surface area (Å²) in [6.07, 6.45) is 11.8. The lowest BCUT2D eigenvalue weighted by atomic mass is 9.43. The molecule has 10 atom stereocenters. The molecule has 5 fully saturated rings. The smallest absolute Gasteiger partial charge is 0.332 e. The van der Waals surface area contributed by atoms with E-state index in [2.05, 4.69) is 13.8 Å². The Morgan fingerprint density at radius 1 is 1.03 bits per heavy atom. The molecule has 0 unspecified atom stereocenters. The van der Waals surface area contributed by atoms with Gasteiger partial charge in [-0.3, -0.25) is 0 Å². The molecular formula is C24H34O5. The van der Waals surface area contributed by atoms with E-state index < -0.39 is 17.5 Å². The molecule has 29 heavy (non-hydrogen) atoms. The van der Waals surface area contributed by atoms with Crippen LogP contribution in [-0.2, 0) is 14.3 Å². The van der Waals surface area contributed by atoms with Gasteiger partial charge in [-0.1, -0.05) is 13.8 Å². The van der Waals surface area contributed by atoms with Gasteiger partial charge in [-0.25, -0.2) is 4.79 Å². The Balaban J connectivity index is 1.33. The fourth-order valence-corrected chi connectivity index (χ4v) is 9.02. The molecule has 0 radical (unpaired) electrons. The number of epoxide rings is 1. The zero-order valence-corrected chi connectivity index (χ0v) is 17.6. The van der Waals surface area contributed by atoms with E-state index in [4.69, 9.17) is 9.47 Å². The van der Waals surface area contributed by atoms with Gasteiger partial charge in [0.15, 0.2) is 5.60 Å². The number of aliphatic hydroxyl groups is 2. The van der Waals surface area contributed by atoms with Gasteiger partial charge in [0, 0.05) is 17.4 Å². The maximum atomic E-state index is 12.3. The zero-order chi connectivity index (χ0) is 20.2. The standard InChI is InChI=1S/C24H34O5/c1-21-9-5-15(25)13-14(21)3-4-17-16(21)6-10-22(2)18(7-12-24(17,22)27)23-11-8-19(26)28-20(23)29-23/h8,11,14-18,20,25,27H,3-7,9-10,12-13H2,1-2H3/t14-,15+,16+,17-,18+,20+,21+,22-,23-,24+/m1/s1. The molecule has 2 aliphatic heterocycles. The highest BCUT2D eigenvalue weighted by atomic mass is 16.8. The predicted octanol–water partition coefficient (Wildman–Crippen LogP) is 3.33. The van der Waals surface area contributed by atoms with Gasteiger partial charge in [0.25, 0.3) is 0 Å². The zero-order valence-electron chi connectivity index (χ0n) is 17.6. The largest absolute Gasteiger partial charge is 0.429 e. The normalized spacial score (nSPS) is 60.5. The first-order valence-electron chi connectivity index (χ1n) is 11.7. The van der Waals surface area contributed by atoms with Crippen LogP contribution in [0.15, 0.2) is 12.2 Å². The van der Waals surface area contributed by atoms with Gasteiger partial charge in [-0.2, -0.15) is 0 Å². The molecule has 1 saturated heterocycles. The van der Waals surface area contributed by atoms with Crippen molar-refractivity contribution in [2.45, 2.75) is 95.2 Å². The van der Waals surface area contributed by atoms with Crippen molar-refractivity contribution < 1.29 is 24.5 Å². The summed E-state index contributed by atoms with van der Waals surface area (Å²) >= 11 is 0. The third-order valence-electron chi connectivity index (χ3n) is 10.7. The van der Waals surface area contributed by atoms with Crippen molar-refractivity contribution in [1.82, 2.24) is 0 Å². The highest BCUT2D eigenvalue weighted by molar-refractivity contribution is 5.84. The van der Waals surface area contributed by atoms with Crippen LogP contribution in [0.3, 0.4) is 0 Å². The molecular weight excluding hydrogens is 368 g/mol. The Morgan fingerprint density at radius 2 is 1.86 bits per heavy atom. The lowest BCUT2D eigenvalue weighted by Gasteiger charge is -2.63. The number of fused-ring (bicyclic) bond motifs is 6. The average Bonchev–Trinajstić information content (AvgIpc) is 3.32. The molecule has 0 spiro atoms. The van der Waals surface area contributed by atoms with E-state index >= 15 is 0 Å². The second-order valence-corrected chi connectivity index (χ2v) is 11.5. The monoisotopic (exact) mass is 402 g/mol. The molecule has 6 aliphatic rings. The molecule has 5 nitrogen and oxygen atoms in total. The fraction of sp³-hybridized carbons (Fsp3) is 0.875. The number of rotatable bonds is 1. The number of esters is 1. The first kappa shape index (κ1) is 18.8. The average molecular weight is 403 g/mol. The van der Waals surface area contributed by atoms with Crippen molar-refractivity contribution in [2.75, 3.05) is 0 Å². The van der Waals surface area contributed by atoms with Crippen LogP contribution in [0, 0.1) is 34.5 Å². The van der Waals surface area contributed by atoms with Crippen molar-refractivity contribution >= 4 is 5.97 Å². The van der Waals surface area contributed by atoms with Crippen LogP contribution in [0.1, 0.15) is 71.6 Å².